The molecule has 1 radical (unpaired) electrons. The second-order valence-electron chi connectivity index (χ2n) is 2.89. The van der Waals surface area contributed by atoms with Crippen molar-refractivity contribution in [1.29, 1.82) is 0 Å². The molecule has 0 spiro atoms. The maximum atomic E-state index is 8.82. The number of anilines is 1. The summed E-state index contributed by atoms with van der Waals surface area (Å²) in [5, 5.41) is 13.7. The second kappa shape index (κ2) is 3.43. The summed E-state index contributed by atoms with van der Waals surface area (Å²) in [7, 11) is 0. The van der Waals surface area contributed by atoms with Gasteiger partial charge in [0.2, 0.25) is 0 Å². The Labute approximate surface area is 80.6 Å². The molecule has 4 heteroatoms. The fourth-order valence-corrected chi connectivity index (χ4v) is 1.45. The van der Waals surface area contributed by atoms with Crippen LogP contribution in [0.1, 0.15) is 0 Å². The zero-order valence-corrected chi connectivity index (χ0v) is 7.31. The summed E-state index contributed by atoms with van der Waals surface area (Å²) >= 11 is 0. The van der Waals surface area contributed by atoms with Gasteiger partial charge in [-0.25, -0.2) is 0 Å². The van der Waals surface area contributed by atoms with Crippen LogP contribution in [-0.2, 0) is 0 Å². The zero-order chi connectivity index (χ0) is 9.97. The van der Waals surface area contributed by atoms with E-state index in [1.807, 2.05) is 35.8 Å². The fraction of sp³-hybridized carbons (Fsp3) is 0. The monoisotopic (exact) mass is 186 g/mol. The van der Waals surface area contributed by atoms with Crippen molar-refractivity contribution in [1.82, 2.24) is 5.53 Å². The van der Waals surface area contributed by atoms with Gasteiger partial charge < -0.3 is 0 Å². The summed E-state index contributed by atoms with van der Waals surface area (Å²) in [6, 6.07) is 11.0. The fourth-order valence-electron chi connectivity index (χ4n) is 1.45. The Morgan fingerprint density at radius 1 is 1.14 bits per heavy atom. The van der Waals surface area contributed by atoms with Gasteiger partial charge in [-0.15, -0.1) is 5.11 Å². The van der Waals surface area contributed by atoms with Gasteiger partial charge >= 0.3 is 0 Å². The van der Waals surface area contributed by atoms with Crippen LogP contribution in [0.4, 0.5) is 11.4 Å². The average molecular weight is 186 g/mol. The molecule has 0 aliphatic carbocycles. The normalized spacial score (nSPS) is 10.1. The van der Waals surface area contributed by atoms with Crippen molar-refractivity contribution in [2.24, 2.45) is 5.11 Å². The highest BCUT2D eigenvalue weighted by atomic mass is 16.5. The third-order valence-corrected chi connectivity index (χ3v) is 2.12. The van der Waals surface area contributed by atoms with Gasteiger partial charge in [-0.3, -0.25) is 10.7 Å². The van der Waals surface area contributed by atoms with E-state index in [9.17, 15) is 0 Å². The number of benzene rings is 2. The minimum atomic E-state index is 0.339. The smallest absolute Gasteiger partial charge is 0.121 e. The van der Waals surface area contributed by atoms with E-state index >= 15 is 0 Å². The lowest BCUT2D eigenvalue weighted by Crippen LogP contribution is -1.89. The van der Waals surface area contributed by atoms with Crippen molar-refractivity contribution >= 4 is 22.1 Å². The first-order valence-electron chi connectivity index (χ1n) is 4.14. The number of rotatable bonds is 2. The van der Waals surface area contributed by atoms with Crippen LogP contribution in [0.15, 0.2) is 41.5 Å². The van der Waals surface area contributed by atoms with Crippen molar-refractivity contribution in [3.63, 3.8) is 0 Å². The molecule has 0 amide bonds. The molecule has 2 aromatic carbocycles. The topological polar surface area (TPSA) is 66.9 Å². The van der Waals surface area contributed by atoms with Crippen LogP contribution in [0.2, 0.25) is 0 Å². The first kappa shape index (κ1) is 8.65. The molecule has 4 nitrogen and oxygen atoms in total. The molecule has 0 saturated carbocycles. The highest BCUT2D eigenvalue weighted by Gasteiger charge is 2.05. The van der Waals surface area contributed by atoms with Gasteiger partial charge in [0.15, 0.2) is 0 Å². The van der Waals surface area contributed by atoms with E-state index in [-0.39, 0.29) is 0 Å². The van der Waals surface area contributed by atoms with E-state index in [2.05, 4.69) is 5.11 Å². The molecular formula is C10H8N3O. The molecule has 2 N–H and O–H groups in total. The Balaban J connectivity index is 2.83. The largest absolute Gasteiger partial charge is 0.291 e. The molecule has 14 heavy (non-hydrogen) atoms. The summed E-state index contributed by atoms with van der Waals surface area (Å²) in [6.07, 6.45) is 0. The van der Waals surface area contributed by atoms with Crippen molar-refractivity contribution in [3.05, 3.63) is 36.4 Å². The highest BCUT2D eigenvalue weighted by Crippen LogP contribution is 2.32. The Morgan fingerprint density at radius 2 is 1.93 bits per heavy atom. The first-order chi connectivity index (χ1) is 6.86. The summed E-state index contributed by atoms with van der Waals surface area (Å²) in [5.41, 5.74) is 11.5. The van der Waals surface area contributed by atoms with E-state index in [1.165, 1.54) is 0 Å². The van der Waals surface area contributed by atoms with Crippen LogP contribution in [-0.4, -0.2) is 5.21 Å². The molecule has 0 unspecified atom stereocenters. The van der Waals surface area contributed by atoms with Crippen LogP contribution >= 0.6 is 0 Å². The SMILES string of the molecule is [N]=Nc1c(NO)ccc2ccccc12. The maximum absolute atomic E-state index is 8.82. The third kappa shape index (κ3) is 1.22. The Hall–Kier alpha value is -1.94. The molecule has 2 aromatic rings. The molecule has 69 valence electrons. The Bertz CT molecular complexity index is 482. The molecular weight excluding hydrogens is 178 g/mol. The van der Waals surface area contributed by atoms with E-state index in [1.54, 1.807) is 6.07 Å². The summed E-state index contributed by atoms with van der Waals surface area (Å²) in [5.74, 6) is 0. The van der Waals surface area contributed by atoms with Crippen LogP contribution in [0, 0.1) is 0 Å². The van der Waals surface area contributed by atoms with Crippen LogP contribution in [0.25, 0.3) is 10.8 Å². The van der Waals surface area contributed by atoms with Crippen LogP contribution < -0.4 is 11.0 Å². The van der Waals surface area contributed by atoms with E-state index in [0.717, 1.165) is 10.8 Å². The lowest BCUT2D eigenvalue weighted by Gasteiger charge is -2.05. The number of hydrogen-bond acceptors (Lipinski definition) is 3. The molecule has 0 heterocycles. The van der Waals surface area contributed by atoms with Crippen LogP contribution in [0.3, 0.4) is 0 Å². The molecule has 2 rings (SSSR count). The third-order valence-electron chi connectivity index (χ3n) is 2.12. The van der Waals surface area contributed by atoms with Crippen LogP contribution in [0.5, 0.6) is 0 Å². The second-order valence-corrected chi connectivity index (χ2v) is 2.89. The molecule has 0 bridgehead atoms. The minimum Gasteiger partial charge on any atom is -0.291 e. The summed E-state index contributed by atoms with van der Waals surface area (Å²) in [6.45, 7) is 0. The molecule has 0 saturated heterocycles. The van der Waals surface area contributed by atoms with Crippen molar-refractivity contribution in [3.8, 4) is 0 Å². The predicted octanol–water partition coefficient (Wildman–Crippen LogP) is 2.52. The van der Waals surface area contributed by atoms with Gasteiger partial charge in [0.25, 0.3) is 0 Å². The van der Waals surface area contributed by atoms with Gasteiger partial charge in [0.05, 0.1) is 5.69 Å². The van der Waals surface area contributed by atoms with Crippen molar-refractivity contribution in [2.45, 2.75) is 0 Å². The zero-order valence-electron chi connectivity index (χ0n) is 7.31. The Morgan fingerprint density at radius 3 is 2.64 bits per heavy atom. The van der Waals surface area contributed by atoms with E-state index in [0.29, 0.717) is 11.4 Å². The number of hydrogen-bond donors (Lipinski definition) is 2. The van der Waals surface area contributed by atoms with Gasteiger partial charge in [-0.2, -0.15) is 0 Å². The van der Waals surface area contributed by atoms with Gasteiger partial charge in [0.1, 0.15) is 5.69 Å². The molecule has 0 aromatic heterocycles. The quantitative estimate of drug-likeness (QED) is 0.559. The van der Waals surface area contributed by atoms with Gasteiger partial charge in [0, 0.05) is 5.39 Å². The van der Waals surface area contributed by atoms with Crippen molar-refractivity contribution in [2.75, 3.05) is 5.48 Å². The highest BCUT2D eigenvalue weighted by molar-refractivity contribution is 5.98. The molecule has 0 atom stereocenters. The lowest BCUT2D eigenvalue weighted by molar-refractivity contribution is 0.389. The summed E-state index contributed by atoms with van der Waals surface area (Å²) in [4.78, 5) is 0. The standard InChI is InChI=1S/C10H8N3O/c11-12-10-8-4-2-1-3-7(8)5-6-9(10)13-14/h1-6,13-14H. The molecule has 0 aliphatic rings. The van der Waals surface area contributed by atoms with Gasteiger partial charge in [-0.05, 0) is 17.0 Å². The maximum Gasteiger partial charge on any atom is 0.121 e. The first-order valence-corrected chi connectivity index (χ1v) is 4.14. The molecule has 0 fully saturated rings. The predicted molar refractivity (Wildman–Crippen MR) is 53.6 cm³/mol. The van der Waals surface area contributed by atoms with E-state index < -0.39 is 0 Å². The average Bonchev–Trinajstić information content (AvgIpc) is 2.27. The number of nitrogens with one attached hydrogen (secondary N) is 1. The molecule has 0 aliphatic heterocycles. The van der Waals surface area contributed by atoms with Crippen molar-refractivity contribution < 1.29 is 5.21 Å². The van der Waals surface area contributed by atoms with E-state index in [4.69, 9.17) is 10.7 Å². The lowest BCUT2D eigenvalue weighted by atomic mass is 10.1. The number of nitrogens with zero attached hydrogens (tertiary/aromatic N) is 2. The summed E-state index contributed by atoms with van der Waals surface area (Å²) < 4.78 is 0. The number of fused-ring (bicyclic) bond motifs is 1. The van der Waals surface area contributed by atoms with Gasteiger partial charge in [-0.1, -0.05) is 30.3 Å². The Kier molecular flexibility index (Phi) is 2.12. The minimum absolute atomic E-state index is 0.339.